The van der Waals surface area contributed by atoms with E-state index in [-0.39, 0.29) is 20.8 Å². The van der Waals surface area contributed by atoms with Crippen molar-refractivity contribution in [3.05, 3.63) is 39.0 Å². The fourth-order valence-corrected chi connectivity index (χ4v) is 2.32. The lowest BCUT2D eigenvalue weighted by molar-refractivity contribution is -0.145. The summed E-state index contributed by atoms with van der Waals surface area (Å²) in [5.74, 6) is -1.59. The van der Waals surface area contributed by atoms with Crippen LogP contribution in [-0.2, 0) is 15.7 Å². The Labute approximate surface area is 148 Å². The highest BCUT2D eigenvalue weighted by atomic mass is 35.5. The van der Waals surface area contributed by atoms with Crippen LogP contribution in [0.2, 0.25) is 15.1 Å². The maximum Gasteiger partial charge on any atom is 0.423 e. The normalized spacial score (nSPS) is 11.5. The maximum absolute atomic E-state index is 13.1. The van der Waals surface area contributed by atoms with Crippen LogP contribution in [-0.4, -0.2) is 29.5 Å². The number of aromatic nitrogens is 2. The van der Waals surface area contributed by atoms with Gasteiger partial charge in [0.25, 0.3) is 0 Å². The van der Waals surface area contributed by atoms with Crippen LogP contribution in [0.1, 0.15) is 5.56 Å². The topological polar surface area (TPSA) is 53.4 Å². The molecule has 11 heteroatoms. The highest BCUT2D eigenvalue weighted by molar-refractivity contribution is 6.48. The van der Waals surface area contributed by atoms with Crippen LogP contribution in [0.4, 0.5) is 13.2 Å². The van der Waals surface area contributed by atoms with Gasteiger partial charge in [0, 0.05) is 0 Å². The first-order valence-corrected chi connectivity index (χ1v) is 7.29. The first-order valence-electron chi connectivity index (χ1n) is 6.15. The van der Waals surface area contributed by atoms with Crippen LogP contribution < -0.4 is 4.74 Å². The molecule has 0 aliphatic heterocycles. The molecule has 0 radical (unpaired) electrons. The van der Waals surface area contributed by atoms with Gasteiger partial charge in [-0.25, -0.2) is 4.79 Å². The molecule has 1 aromatic heterocycles. The minimum atomic E-state index is -4.76. The third-order valence-corrected chi connectivity index (χ3v) is 4.11. The average molecular weight is 404 g/mol. The quantitative estimate of drug-likeness (QED) is 0.561. The number of methoxy groups -OCH3 is 1. The van der Waals surface area contributed by atoms with Crippen molar-refractivity contribution in [2.75, 3.05) is 13.7 Å². The van der Waals surface area contributed by atoms with Crippen molar-refractivity contribution in [3.8, 4) is 11.6 Å². The summed E-state index contributed by atoms with van der Waals surface area (Å²) in [5, 5.41) is 3.56. The van der Waals surface area contributed by atoms with Gasteiger partial charge in [-0.05, 0) is 12.1 Å². The van der Waals surface area contributed by atoms with Crippen LogP contribution in [0.15, 0.2) is 18.3 Å². The number of ether oxygens (including phenoxy) is 2. The van der Waals surface area contributed by atoms with Crippen LogP contribution >= 0.6 is 34.8 Å². The first kappa shape index (κ1) is 18.7. The molecule has 0 saturated carbocycles. The maximum atomic E-state index is 13.1. The summed E-state index contributed by atoms with van der Waals surface area (Å²) in [4.78, 5) is 11.2. The third-order valence-electron chi connectivity index (χ3n) is 2.83. The molecule has 1 aromatic carbocycles. The van der Waals surface area contributed by atoms with Gasteiger partial charge in [0.15, 0.2) is 6.61 Å². The van der Waals surface area contributed by atoms with Gasteiger partial charge in [-0.15, -0.1) is 0 Å². The van der Waals surface area contributed by atoms with Gasteiger partial charge < -0.3 is 9.47 Å². The molecule has 2 aromatic rings. The Morgan fingerprint density at radius 1 is 1.25 bits per heavy atom. The van der Waals surface area contributed by atoms with Crippen LogP contribution in [0.3, 0.4) is 0 Å². The molecule has 1 heterocycles. The van der Waals surface area contributed by atoms with Gasteiger partial charge in [-0.1, -0.05) is 34.8 Å². The lowest BCUT2D eigenvalue weighted by Crippen LogP contribution is -2.17. The largest absolute Gasteiger partial charge is 0.466 e. The SMILES string of the molecule is COC(=O)COc1c(C(F)(F)F)cnn1-c1ccc(Cl)c(Cl)c1Cl. The van der Waals surface area contributed by atoms with E-state index in [1.807, 2.05) is 0 Å². The molecular formula is C13H8Cl3F3N2O3. The van der Waals surface area contributed by atoms with Gasteiger partial charge in [-0.2, -0.15) is 23.0 Å². The number of carbonyl (C=O) groups excluding carboxylic acids is 1. The molecule has 0 aliphatic rings. The molecule has 0 saturated heterocycles. The van der Waals surface area contributed by atoms with E-state index in [0.29, 0.717) is 6.20 Å². The van der Waals surface area contributed by atoms with E-state index in [4.69, 9.17) is 39.5 Å². The van der Waals surface area contributed by atoms with Crippen molar-refractivity contribution in [2.24, 2.45) is 0 Å². The Morgan fingerprint density at radius 3 is 2.50 bits per heavy atom. The lowest BCUT2D eigenvalue weighted by Gasteiger charge is -2.13. The van der Waals surface area contributed by atoms with Crippen molar-refractivity contribution in [2.45, 2.75) is 6.18 Å². The second-order valence-electron chi connectivity index (χ2n) is 4.33. The number of esters is 1. The monoisotopic (exact) mass is 402 g/mol. The fraction of sp³-hybridized carbons (Fsp3) is 0.231. The molecule has 24 heavy (non-hydrogen) atoms. The Bertz CT molecular complexity index is 778. The minimum absolute atomic E-state index is 0.00133. The molecule has 0 unspecified atom stereocenters. The molecule has 0 N–H and O–H groups in total. The fourth-order valence-electron chi connectivity index (χ4n) is 1.71. The highest BCUT2D eigenvalue weighted by Crippen LogP contribution is 2.40. The van der Waals surface area contributed by atoms with Gasteiger partial charge in [0.05, 0.1) is 34.1 Å². The summed E-state index contributed by atoms with van der Waals surface area (Å²) in [6, 6.07) is 2.65. The molecule has 0 amide bonds. The van der Waals surface area contributed by atoms with Crippen molar-refractivity contribution in [1.29, 1.82) is 0 Å². The molecule has 5 nitrogen and oxygen atoms in total. The number of halogens is 6. The molecular weight excluding hydrogens is 396 g/mol. The van der Waals surface area contributed by atoms with Crippen molar-refractivity contribution < 1.29 is 27.4 Å². The molecule has 0 atom stereocenters. The van der Waals surface area contributed by atoms with E-state index in [0.717, 1.165) is 11.8 Å². The highest BCUT2D eigenvalue weighted by Gasteiger charge is 2.38. The summed E-state index contributed by atoms with van der Waals surface area (Å²) >= 11 is 17.7. The van der Waals surface area contributed by atoms with Gasteiger partial charge in [0.2, 0.25) is 5.88 Å². The van der Waals surface area contributed by atoms with Gasteiger partial charge in [0.1, 0.15) is 5.56 Å². The number of hydrogen-bond donors (Lipinski definition) is 0. The molecule has 2 rings (SSSR count). The summed E-state index contributed by atoms with van der Waals surface area (Å²) in [6.07, 6.45) is -4.21. The van der Waals surface area contributed by atoms with E-state index in [9.17, 15) is 18.0 Å². The van der Waals surface area contributed by atoms with Crippen molar-refractivity contribution in [3.63, 3.8) is 0 Å². The van der Waals surface area contributed by atoms with E-state index >= 15 is 0 Å². The molecule has 130 valence electrons. The smallest absolute Gasteiger partial charge is 0.423 e. The number of alkyl halides is 3. The van der Waals surface area contributed by atoms with Crippen LogP contribution in [0, 0.1) is 0 Å². The van der Waals surface area contributed by atoms with E-state index in [1.54, 1.807) is 0 Å². The molecule has 0 bridgehead atoms. The van der Waals surface area contributed by atoms with Gasteiger partial charge in [-0.3, -0.25) is 0 Å². The summed E-state index contributed by atoms with van der Waals surface area (Å²) < 4.78 is 49.3. The number of benzene rings is 1. The molecule has 0 aliphatic carbocycles. The number of nitrogens with zero attached hydrogens (tertiary/aromatic N) is 2. The lowest BCUT2D eigenvalue weighted by atomic mass is 10.3. The Hall–Kier alpha value is -1.64. The first-order chi connectivity index (χ1) is 11.2. The minimum Gasteiger partial charge on any atom is -0.466 e. The van der Waals surface area contributed by atoms with E-state index < -0.39 is 30.2 Å². The average Bonchev–Trinajstić information content (AvgIpc) is 2.94. The number of rotatable bonds is 4. The van der Waals surface area contributed by atoms with E-state index in [1.165, 1.54) is 12.1 Å². The number of hydrogen-bond acceptors (Lipinski definition) is 4. The zero-order valence-corrected chi connectivity index (χ0v) is 14.1. The predicted molar refractivity (Wildman–Crippen MR) is 81.1 cm³/mol. The summed E-state index contributed by atoms with van der Waals surface area (Å²) in [6.45, 7) is -0.746. The Balaban J connectivity index is 2.56. The van der Waals surface area contributed by atoms with Gasteiger partial charge >= 0.3 is 12.1 Å². The molecule has 0 fully saturated rings. The van der Waals surface area contributed by atoms with Crippen LogP contribution in [0.25, 0.3) is 5.69 Å². The number of carbonyl (C=O) groups is 1. The second-order valence-corrected chi connectivity index (χ2v) is 5.50. The molecule has 0 spiro atoms. The van der Waals surface area contributed by atoms with Crippen LogP contribution in [0.5, 0.6) is 5.88 Å². The Kier molecular flexibility index (Phi) is 5.52. The van der Waals surface area contributed by atoms with E-state index in [2.05, 4.69) is 9.84 Å². The van der Waals surface area contributed by atoms with Crippen molar-refractivity contribution in [1.82, 2.24) is 9.78 Å². The standard InChI is InChI=1S/C13H8Cl3F3N2O3/c1-23-9(22)5-24-12-6(13(17,18)19)4-20-21(12)8-3-2-7(14)10(15)11(8)16/h2-4H,5H2,1H3. The Morgan fingerprint density at radius 2 is 1.92 bits per heavy atom. The van der Waals surface area contributed by atoms with Crippen molar-refractivity contribution >= 4 is 40.8 Å². The predicted octanol–water partition coefficient (Wildman–Crippen LogP) is 4.40. The summed E-state index contributed by atoms with van der Waals surface area (Å²) in [7, 11) is 1.07. The summed E-state index contributed by atoms with van der Waals surface area (Å²) in [5.41, 5.74) is -1.19. The third kappa shape index (κ3) is 3.71. The second kappa shape index (κ2) is 7.08. The zero-order valence-electron chi connectivity index (χ0n) is 11.8. The zero-order chi connectivity index (χ0) is 18.1.